The van der Waals surface area contributed by atoms with Crippen molar-refractivity contribution in [3.63, 3.8) is 0 Å². The van der Waals surface area contributed by atoms with Crippen molar-refractivity contribution in [3.8, 4) is 0 Å². The molecular weight excluding hydrogens is 515 g/mol. The Morgan fingerprint density at radius 3 is 1.44 bits per heavy atom. The van der Waals surface area contributed by atoms with Crippen LogP contribution in [-0.2, 0) is 33.4 Å². The first kappa shape index (κ1) is 39.8. The number of ether oxygens (including phenoxy) is 3. The summed E-state index contributed by atoms with van der Waals surface area (Å²) in [7, 11) is 2.19. The van der Waals surface area contributed by atoms with Gasteiger partial charge in [0.05, 0.1) is 29.6 Å². The molecular formula is C31H59O7P. The third-order valence-electron chi connectivity index (χ3n) is 7.00. The molecule has 0 aromatic heterocycles. The zero-order valence-electron chi connectivity index (χ0n) is 27.7. The van der Waals surface area contributed by atoms with E-state index < -0.39 is 32.9 Å². The van der Waals surface area contributed by atoms with Gasteiger partial charge in [-0.1, -0.05) is 50.8 Å². The number of hydrogen-bond acceptors (Lipinski definition) is 7. The predicted molar refractivity (Wildman–Crippen MR) is 161 cm³/mol. The molecule has 0 amide bonds. The summed E-state index contributed by atoms with van der Waals surface area (Å²) in [5.74, 6) is -0.644. The highest BCUT2D eigenvalue weighted by atomic mass is 31.0. The Kier molecular flexibility index (Phi) is 15.4. The first-order valence-electron chi connectivity index (χ1n) is 14.1. The van der Waals surface area contributed by atoms with E-state index in [0.29, 0.717) is 32.3 Å². The third kappa shape index (κ3) is 14.7. The normalized spacial score (nSPS) is 13.2. The molecule has 0 N–H and O–H groups in total. The first-order chi connectivity index (χ1) is 17.3. The fourth-order valence-electron chi connectivity index (χ4n) is 4.24. The fourth-order valence-corrected chi connectivity index (χ4v) is 4.34. The third-order valence-corrected chi connectivity index (χ3v) is 7.78. The minimum absolute atomic E-state index is 0.0384. The Labute approximate surface area is 241 Å². The van der Waals surface area contributed by atoms with Crippen LogP contribution in [0.15, 0.2) is 0 Å². The van der Waals surface area contributed by atoms with Crippen molar-refractivity contribution in [3.05, 3.63) is 0 Å². The molecule has 39 heavy (non-hydrogen) atoms. The average molecular weight is 575 g/mol. The second-order valence-electron chi connectivity index (χ2n) is 14.2. The van der Waals surface area contributed by atoms with Crippen molar-refractivity contribution in [1.29, 1.82) is 0 Å². The predicted octanol–water partition coefficient (Wildman–Crippen LogP) is 7.33. The summed E-state index contributed by atoms with van der Waals surface area (Å²) in [6.07, 6.45) is 1.76. The molecule has 1 atom stereocenters. The van der Waals surface area contributed by atoms with Crippen LogP contribution < -0.4 is 0 Å². The maximum absolute atomic E-state index is 12.9. The van der Waals surface area contributed by atoms with Gasteiger partial charge in [-0.2, -0.15) is 0 Å². The number of hydrogen-bond donors (Lipinski definition) is 0. The summed E-state index contributed by atoms with van der Waals surface area (Å²) in [6, 6.07) is 0. The lowest BCUT2D eigenvalue weighted by Crippen LogP contribution is -2.40. The van der Waals surface area contributed by atoms with Crippen LogP contribution in [0.1, 0.15) is 130 Å². The zero-order valence-corrected chi connectivity index (χ0v) is 28.8. The molecule has 0 saturated heterocycles. The molecule has 0 radical (unpaired) electrons. The van der Waals surface area contributed by atoms with Crippen LogP contribution in [0.4, 0.5) is 0 Å². The molecule has 0 aliphatic carbocycles. The molecule has 0 spiro atoms. The lowest BCUT2D eigenvalue weighted by molar-refractivity contribution is -0.171. The summed E-state index contributed by atoms with van der Waals surface area (Å²) >= 11 is 0. The first-order valence-corrected chi connectivity index (χ1v) is 14.7. The lowest BCUT2D eigenvalue weighted by Gasteiger charge is -2.35. The molecule has 230 valence electrons. The summed E-state index contributed by atoms with van der Waals surface area (Å²) < 4.78 is 17.4. The number of Topliss-reactive ketones (excluding diaryl/α,β-unsaturated/α-hetero) is 1. The maximum atomic E-state index is 12.9. The van der Waals surface area contributed by atoms with Crippen LogP contribution >= 0.6 is 9.24 Å². The number of esters is 2. The Morgan fingerprint density at radius 1 is 0.590 bits per heavy atom. The molecule has 0 rings (SSSR count). The van der Waals surface area contributed by atoms with Crippen LogP contribution in [0.5, 0.6) is 0 Å². The highest BCUT2D eigenvalue weighted by Gasteiger charge is 2.41. The van der Waals surface area contributed by atoms with Crippen LogP contribution in [-0.4, -0.2) is 47.7 Å². The van der Waals surface area contributed by atoms with E-state index in [2.05, 4.69) is 9.24 Å². The van der Waals surface area contributed by atoms with Crippen LogP contribution in [0.3, 0.4) is 0 Å². The second kappa shape index (κ2) is 15.1. The molecule has 0 aliphatic heterocycles. The monoisotopic (exact) mass is 574 g/mol. The van der Waals surface area contributed by atoms with Gasteiger partial charge in [0.2, 0.25) is 0 Å². The van der Waals surface area contributed by atoms with E-state index in [0.717, 1.165) is 0 Å². The smallest absolute Gasteiger partial charge is 0.312 e. The molecule has 7 nitrogen and oxygen atoms in total. The van der Waals surface area contributed by atoms with Crippen molar-refractivity contribution in [2.75, 3.05) is 13.2 Å². The van der Waals surface area contributed by atoms with Crippen molar-refractivity contribution in [2.24, 2.45) is 21.7 Å². The van der Waals surface area contributed by atoms with Crippen LogP contribution in [0.25, 0.3) is 0 Å². The molecule has 0 aromatic carbocycles. The standard InChI is InChI=1S/C29H53O7P.C2H6/c1-20(30)24(2,3)18-26(6,7)22(32)36-29(12,13)15-17-35-28(10,11)14-16-34-21(31)25(4,5)19-27(8,9)23(33)37;1-2/h14-19,37H2,1-13H3;1-2H3. The Hall–Kier alpha value is -1.33. The quantitative estimate of drug-likeness (QED) is 0.141. The van der Waals surface area contributed by atoms with Crippen molar-refractivity contribution in [1.82, 2.24) is 0 Å². The Morgan fingerprint density at radius 2 is 1.00 bits per heavy atom. The molecule has 0 heterocycles. The Balaban J connectivity index is 0. The van der Waals surface area contributed by atoms with Gasteiger partial charge < -0.3 is 14.2 Å². The van der Waals surface area contributed by atoms with Gasteiger partial charge >= 0.3 is 11.9 Å². The zero-order chi connectivity index (χ0) is 31.7. The fraction of sp³-hybridized carbons (Fsp3) is 0.871. The summed E-state index contributed by atoms with van der Waals surface area (Å²) in [4.78, 5) is 49.3. The van der Waals surface area contributed by atoms with E-state index in [-0.39, 0.29) is 29.9 Å². The maximum Gasteiger partial charge on any atom is 0.312 e. The van der Waals surface area contributed by atoms with Crippen LogP contribution in [0, 0.1) is 21.7 Å². The molecule has 0 bridgehead atoms. The average Bonchev–Trinajstić information content (AvgIpc) is 2.72. The summed E-state index contributed by atoms with van der Waals surface area (Å²) in [5.41, 5.74) is -4.18. The van der Waals surface area contributed by atoms with E-state index >= 15 is 0 Å². The van der Waals surface area contributed by atoms with Gasteiger partial charge in [0, 0.05) is 23.7 Å². The van der Waals surface area contributed by atoms with E-state index in [9.17, 15) is 19.2 Å². The van der Waals surface area contributed by atoms with Gasteiger partial charge in [-0.15, -0.1) is 0 Å². The van der Waals surface area contributed by atoms with Crippen LogP contribution in [0.2, 0.25) is 0 Å². The number of rotatable bonds is 16. The van der Waals surface area contributed by atoms with E-state index in [1.54, 1.807) is 34.6 Å². The largest absolute Gasteiger partial charge is 0.465 e. The minimum atomic E-state index is -0.803. The van der Waals surface area contributed by atoms with Gasteiger partial charge in [-0.25, -0.2) is 0 Å². The highest BCUT2D eigenvalue weighted by molar-refractivity contribution is 7.40. The highest BCUT2D eigenvalue weighted by Crippen LogP contribution is 2.38. The van der Waals surface area contributed by atoms with E-state index in [1.165, 1.54) is 0 Å². The molecule has 8 heteroatoms. The number of ketones is 1. The van der Waals surface area contributed by atoms with Gasteiger partial charge in [0.1, 0.15) is 11.4 Å². The van der Waals surface area contributed by atoms with Gasteiger partial charge in [-0.05, 0) is 75.2 Å². The van der Waals surface area contributed by atoms with Gasteiger partial charge in [-0.3, -0.25) is 19.2 Å². The van der Waals surface area contributed by atoms with Gasteiger partial charge in [0.15, 0.2) is 5.52 Å². The Bertz CT molecular complexity index is 836. The topological polar surface area (TPSA) is 96.0 Å². The summed E-state index contributed by atoms with van der Waals surface area (Å²) in [6.45, 7) is 28.2. The SMILES string of the molecule is CC.CC(=O)C(C)(C)CC(C)(C)C(=O)OC(C)(C)CCOC(C)(C)CCOC(=O)C(C)(C)CC(C)(C)C(=O)P. The van der Waals surface area contributed by atoms with Crippen molar-refractivity contribution in [2.45, 2.75) is 141 Å². The number of carbonyl (C=O) groups is 4. The molecule has 1 unspecified atom stereocenters. The molecule has 0 fully saturated rings. The van der Waals surface area contributed by atoms with Gasteiger partial charge in [0.25, 0.3) is 0 Å². The van der Waals surface area contributed by atoms with E-state index in [1.807, 2.05) is 69.2 Å². The van der Waals surface area contributed by atoms with E-state index in [4.69, 9.17) is 14.2 Å². The van der Waals surface area contributed by atoms with Crippen molar-refractivity contribution < 1.29 is 33.4 Å². The molecule has 0 aliphatic rings. The minimum Gasteiger partial charge on any atom is -0.465 e. The lowest BCUT2D eigenvalue weighted by atomic mass is 9.73. The molecule has 0 saturated carbocycles. The summed E-state index contributed by atoms with van der Waals surface area (Å²) in [5, 5.41) is 0. The second-order valence-corrected chi connectivity index (χ2v) is 14.7. The molecule has 0 aromatic rings. The van der Waals surface area contributed by atoms with Crippen molar-refractivity contribution >= 4 is 32.5 Å². The number of carbonyl (C=O) groups excluding carboxylic acids is 4.